The molecule has 35 heavy (non-hydrogen) atoms. The van der Waals surface area contributed by atoms with E-state index in [1.165, 1.54) is 26.4 Å². The van der Waals surface area contributed by atoms with Crippen LogP contribution in [0.1, 0.15) is 10.4 Å². The molecule has 0 saturated heterocycles. The van der Waals surface area contributed by atoms with E-state index in [-0.39, 0.29) is 10.8 Å². The Morgan fingerprint density at radius 2 is 1.34 bits per heavy atom. The molecule has 4 aromatic rings. The number of methoxy groups -OCH3 is 2. The van der Waals surface area contributed by atoms with Crippen LogP contribution < -0.4 is 20.1 Å². The molecule has 2 N–H and O–H groups in total. The van der Waals surface area contributed by atoms with Gasteiger partial charge in [0.05, 0.1) is 14.2 Å². The van der Waals surface area contributed by atoms with Gasteiger partial charge in [0.15, 0.2) is 9.84 Å². The van der Waals surface area contributed by atoms with E-state index in [0.717, 1.165) is 23.1 Å². The van der Waals surface area contributed by atoms with E-state index >= 15 is 0 Å². The Kier molecular flexibility index (Phi) is 6.61. The van der Waals surface area contributed by atoms with E-state index in [0.29, 0.717) is 34.1 Å². The molecule has 1 amide bonds. The van der Waals surface area contributed by atoms with Gasteiger partial charge in [-0.3, -0.25) is 4.79 Å². The third kappa shape index (κ3) is 5.52. The quantitative estimate of drug-likeness (QED) is 0.358. The van der Waals surface area contributed by atoms with Crippen LogP contribution in [0.15, 0.2) is 77.7 Å². The number of sulfone groups is 1. The highest BCUT2D eigenvalue weighted by Crippen LogP contribution is 2.28. The summed E-state index contributed by atoms with van der Waals surface area (Å²) in [6, 6.07) is 19.9. The molecule has 4 aromatic carbocycles. The van der Waals surface area contributed by atoms with E-state index in [2.05, 4.69) is 10.6 Å². The fraction of sp³-hybridized carbons (Fsp3) is 0.115. The number of halogens is 1. The van der Waals surface area contributed by atoms with Gasteiger partial charge >= 0.3 is 0 Å². The number of amides is 1. The number of rotatable bonds is 7. The number of fused-ring (bicyclic) bond motifs is 1. The summed E-state index contributed by atoms with van der Waals surface area (Å²) in [6.45, 7) is 0. The van der Waals surface area contributed by atoms with Crippen molar-refractivity contribution in [2.24, 2.45) is 0 Å². The maximum atomic E-state index is 14.2. The van der Waals surface area contributed by atoms with Crippen LogP contribution in [-0.2, 0) is 9.84 Å². The van der Waals surface area contributed by atoms with Crippen molar-refractivity contribution in [3.05, 3.63) is 84.2 Å². The van der Waals surface area contributed by atoms with Crippen molar-refractivity contribution in [1.29, 1.82) is 0 Å². The lowest BCUT2D eigenvalue weighted by Gasteiger charge is -2.11. The molecular weight excluding hydrogens is 471 g/mol. The summed E-state index contributed by atoms with van der Waals surface area (Å²) in [5.74, 6) is -0.135. The van der Waals surface area contributed by atoms with Crippen LogP contribution >= 0.6 is 0 Å². The number of benzene rings is 4. The minimum Gasteiger partial charge on any atom is -0.497 e. The van der Waals surface area contributed by atoms with Crippen molar-refractivity contribution in [3.8, 4) is 11.5 Å². The van der Waals surface area contributed by atoms with E-state index in [1.54, 1.807) is 24.3 Å². The lowest BCUT2D eigenvalue weighted by Crippen LogP contribution is -2.12. The molecule has 0 aliphatic carbocycles. The predicted octanol–water partition coefficient (Wildman–Crippen LogP) is 5.40. The van der Waals surface area contributed by atoms with E-state index in [9.17, 15) is 17.6 Å². The number of ether oxygens (including phenoxy) is 2. The fourth-order valence-corrected chi connectivity index (χ4v) is 4.32. The molecule has 9 heteroatoms. The van der Waals surface area contributed by atoms with Gasteiger partial charge < -0.3 is 20.1 Å². The average Bonchev–Trinajstić information content (AvgIpc) is 2.82. The third-order valence-corrected chi connectivity index (χ3v) is 6.46. The first-order chi connectivity index (χ1) is 16.7. The SMILES string of the molecule is COc1cc(OC)cc(C(=O)Nc2ccc3ccc(Nc4ccc(S(C)(=O)=O)c(F)c4)cc3c2)c1. The lowest BCUT2D eigenvalue weighted by atomic mass is 10.1. The summed E-state index contributed by atoms with van der Waals surface area (Å²) < 4.78 is 48.0. The van der Waals surface area contributed by atoms with Gasteiger partial charge in [-0.05, 0) is 65.4 Å². The van der Waals surface area contributed by atoms with Gasteiger partial charge in [-0.25, -0.2) is 12.8 Å². The molecular formula is C26H23FN2O5S. The van der Waals surface area contributed by atoms with Gasteiger partial charge in [0.1, 0.15) is 22.2 Å². The highest BCUT2D eigenvalue weighted by molar-refractivity contribution is 7.90. The molecule has 0 radical (unpaired) electrons. The second-order valence-corrected chi connectivity index (χ2v) is 9.86. The molecule has 0 atom stereocenters. The molecule has 0 spiro atoms. The first kappa shape index (κ1) is 24.0. The largest absolute Gasteiger partial charge is 0.497 e. The van der Waals surface area contributed by atoms with Crippen molar-refractivity contribution in [2.45, 2.75) is 4.90 Å². The summed E-state index contributed by atoms with van der Waals surface area (Å²) >= 11 is 0. The molecule has 0 aromatic heterocycles. The van der Waals surface area contributed by atoms with Gasteiger partial charge in [0.25, 0.3) is 5.91 Å². The molecule has 0 heterocycles. The monoisotopic (exact) mass is 494 g/mol. The number of hydrogen-bond acceptors (Lipinski definition) is 6. The predicted molar refractivity (Wildman–Crippen MR) is 134 cm³/mol. The molecule has 180 valence electrons. The third-order valence-electron chi connectivity index (χ3n) is 5.33. The Morgan fingerprint density at radius 1 is 0.771 bits per heavy atom. The van der Waals surface area contributed by atoms with Crippen LogP contribution in [0.4, 0.5) is 21.5 Å². The minimum absolute atomic E-state index is 0.322. The Morgan fingerprint density at radius 3 is 1.94 bits per heavy atom. The second-order valence-electron chi connectivity index (χ2n) is 7.87. The zero-order valence-corrected chi connectivity index (χ0v) is 20.1. The Hall–Kier alpha value is -4.11. The van der Waals surface area contributed by atoms with Gasteiger partial charge in [0, 0.05) is 34.9 Å². The molecule has 0 bridgehead atoms. The fourth-order valence-electron chi connectivity index (χ4n) is 3.59. The molecule has 0 saturated carbocycles. The highest BCUT2D eigenvalue weighted by atomic mass is 32.2. The zero-order valence-electron chi connectivity index (χ0n) is 19.3. The smallest absolute Gasteiger partial charge is 0.255 e. The summed E-state index contributed by atoms with van der Waals surface area (Å²) in [4.78, 5) is 12.5. The summed E-state index contributed by atoms with van der Waals surface area (Å²) in [6.07, 6.45) is 0.961. The summed E-state index contributed by atoms with van der Waals surface area (Å²) in [7, 11) is -0.619. The maximum Gasteiger partial charge on any atom is 0.255 e. The van der Waals surface area contributed by atoms with Crippen LogP contribution in [0, 0.1) is 5.82 Å². The Balaban J connectivity index is 1.57. The number of carbonyl (C=O) groups excluding carboxylic acids is 1. The van der Waals surface area contributed by atoms with Crippen molar-refractivity contribution in [1.82, 2.24) is 0 Å². The first-order valence-electron chi connectivity index (χ1n) is 10.5. The van der Waals surface area contributed by atoms with Crippen molar-refractivity contribution < 1.29 is 27.1 Å². The molecule has 0 aliphatic heterocycles. The number of carbonyl (C=O) groups is 1. The number of nitrogens with one attached hydrogen (secondary N) is 2. The number of anilines is 3. The van der Waals surface area contributed by atoms with Crippen LogP contribution in [0.5, 0.6) is 11.5 Å². The molecule has 4 rings (SSSR count). The van der Waals surface area contributed by atoms with Gasteiger partial charge in [0.2, 0.25) is 0 Å². The Bertz CT molecular complexity index is 1510. The lowest BCUT2D eigenvalue weighted by molar-refractivity contribution is 0.102. The topological polar surface area (TPSA) is 93.7 Å². The zero-order chi connectivity index (χ0) is 25.2. The molecule has 0 fully saturated rings. The summed E-state index contributed by atoms with van der Waals surface area (Å²) in [5, 5.41) is 7.73. The summed E-state index contributed by atoms with van der Waals surface area (Å²) in [5.41, 5.74) is 2.05. The van der Waals surface area contributed by atoms with Crippen molar-refractivity contribution in [3.63, 3.8) is 0 Å². The average molecular weight is 495 g/mol. The second kappa shape index (κ2) is 9.63. The van der Waals surface area contributed by atoms with E-state index < -0.39 is 15.7 Å². The van der Waals surface area contributed by atoms with E-state index in [1.807, 2.05) is 30.3 Å². The van der Waals surface area contributed by atoms with Crippen LogP contribution in [0.25, 0.3) is 10.8 Å². The van der Waals surface area contributed by atoms with Crippen LogP contribution in [0.2, 0.25) is 0 Å². The van der Waals surface area contributed by atoms with Crippen molar-refractivity contribution >= 4 is 43.6 Å². The van der Waals surface area contributed by atoms with Crippen LogP contribution in [0.3, 0.4) is 0 Å². The highest BCUT2D eigenvalue weighted by Gasteiger charge is 2.14. The molecule has 0 unspecified atom stereocenters. The van der Waals surface area contributed by atoms with Crippen molar-refractivity contribution in [2.75, 3.05) is 31.1 Å². The minimum atomic E-state index is -3.65. The van der Waals surface area contributed by atoms with Gasteiger partial charge in [-0.15, -0.1) is 0 Å². The molecule has 7 nitrogen and oxygen atoms in total. The normalized spacial score (nSPS) is 11.2. The maximum absolute atomic E-state index is 14.2. The first-order valence-corrected chi connectivity index (χ1v) is 12.4. The molecule has 0 aliphatic rings. The Labute approximate surface area is 202 Å². The van der Waals surface area contributed by atoms with Gasteiger partial charge in [-0.2, -0.15) is 0 Å². The standard InChI is InChI=1S/C26H23FN2O5S/c1-33-22-12-18(13-23(15-22)34-2)26(30)29-20-7-5-16-4-6-19(10-17(16)11-20)28-21-8-9-25(24(27)14-21)35(3,31)32/h4-15,28H,1-3H3,(H,29,30). The number of hydrogen-bond donors (Lipinski definition) is 2. The van der Waals surface area contributed by atoms with E-state index in [4.69, 9.17) is 9.47 Å². The van der Waals surface area contributed by atoms with Gasteiger partial charge in [-0.1, -0.05) is 12.1 Å². The van der Waals surface area contributed by atoms with Crippen LogP contribution in [-0.4, -0.2) is 34.8 Å².